The molecule has 2 atom stereocenters. The van der Waals surface area contributed by atoms with Crippen LogP contribution in [0.1, 0.15) is 160 Å². The van der Waals surface area contributed by atoms with E-state index in [1.807, 2.05) is 0 Å². The Morgan fingerprint density at radius 3 is 1.65 bits per heavy atom. The number of aromatic nitrogens is 2. The van der Waals surface area contributed by atoms with Crippen molar-refractivity contribution in [1.82, 2.24) is 4.57 Å². The van der Waals surface area contributed by atoms with Crippen molar-refractivity contribution in [1.29, 1.82) is 0 Å². The van der Waals surface area contributed by atoms with Crippen LogP contribution in [0.4, 0.5) is 0 Å². The minimum Gasteiger partial charge on any atom is -0.237 e. The van der Waals surface area contributed by atoms with E-state index in [0.29, 0.717) is 6.04 Å². The summed E-state index contributed by atoms with van der Waals surface area (Å²) in [7, 11) is 0. The van der Waals surface area contributed by atoms with E-state index in [2.05, 4.69) is 109 Å². The van der Waals surface area contributed by atoms with Crippen LogP contribution in [0.2, 0.25) is 0 Å². The Morgan fingerprint density at radius 2 is 1.09 bits per heavy atom. The van der Waals surface area contributed by atoms with Crippen molar-refractivity contribution in [3.8, 4) is 0 Å². The van der Waals surface area contributed by atoms with Gasteiger partial charge in [0.1, 0.15) is 18.4 Å². The molecule has 0 spiro atoms. The second-order valence-electron chi connectivity index (χ2n) is 13.5. The van der Waals surface area contributed by atoms with E-state index in [1.165, 1.54) is 133 Å². The Bertz CT molecular complexity index is 1060. The van der Waals surface area contributed by atoms with Crippen LogP contribution in [0.25, 0.3) is 0 Å². The van der Waals surface area contributed by atoms with Crippen LogP contribution in [-0.4, -0.2) is 4.57 Å². The number of rotatable bonds is 25. The van der Waals surface area contributed by atoms with Crippen molar-refractivity contribution in [3.63, 3.8) is 0 Å². The predicted molar refractivity (Wildman–Crippen MR) is 187 cm³/mol. The SMILES string of the molecule is CCCCCCCCCCCCCC(n1cc[n+](CCCCCCCCC)c1)C(C)(Cc1ccccc1)c1ccccc1. The zero-order valence-corrected chi connectivity index (χ0v) is 28.3. The molecular weight excluding hydrogens is 520 g/mol. The topological polar surface area (TPSA) is 8.81 Å². The maximum atomic E-state index is 2.58. The molecule has 0 aliphatic heterocycles. The minimum absolute atomic E-state index is 0.0111. The lowest BCUT2D eigenvalue weighted by Gasteiger charge is -2.37. The number of benzene rings is 2. The first-order valence-electron chi connectivity index (χ1n) is 18.3. The maximum absolute atomic E-state index is 2.58. The molecule has 1 aromatic heterocycles. The summed E-state index contributed by atoms with van der Waals surface area (Å²) in [5.41, 5.74) is 2.90. The van der Waals surface area contributed by atoms with E-state index >= 15 is 0 Å². The van der Waals surface area contributed by atoms with Crippen molar-refractivity contribution in [2.45, 2.75) is 167 Å². The summed E-state index contributed by atoms with van der Waals surface area (Å²) in [4.78, 5) is 0. The summed E-state index contributed by atoms with van der Waals surface area (Å²) < 4.78 is 5.03. The van der Waals surface area contributed by atoms with E-state index in [4.69, 9.17) is 0 Å². The first-order chi connectivity index (χ1) is 21.2. The van der Waals surface area contributed by atoms with Crippen LogP contribution in [0.15, 0.2) is 79.4 Å². The van der Waals surface area contributed by atoms with Gasteiger partial charge < -0.3 is 0 Å². The Hall–Kier alpha value is -2.35. The number of hydrogen-bond donors (Lipinski definition) is 0. The minimum atomic E-state index is 0.0111. The molecule has 0 radical (unpaired) electrons. The van der Waals surface area contributed by atoms with Crippen molar-refractivity contribution >= 4 is 0 Å². The fourth-order valence-corrected chi connectivity index (χ4v) is 7.03. The lowest BCUT2D eigenvalue weighted by molar-refractivity contribution is -0.697. The van der Waals surface area contributed by atoms with Crippen LogP contribution in [0, 0.1) is 0 Å². The zero-order chi connectivity index (χ0) is 30.4. The molecule has 0 saturated carbocycles. The van der Waals surface area contributed by atoms with Gasteiger partial charge in [0.2, 0.25) is 6.33 Å². The fraction of sp³-hybridized carbons (Fsp3) is 0.634. The van der Waals surface area contributed by atoms with Gasteiger partial charge in [-0.15, -0.1) is 0 Å². The molecule has 2 heteroatoms. The standard InChI is InChI=1S/C41H65N2/c1-4-6-8-10-12-13-14-15-16-18-26-32-40(43-35-34-42(37-43)33-27-19-17-11-9-7-5-2)41(3,39-30-24-21-25-31-39)36-38-28-22-20-23-29-38/h20-25,28-31,34-35,37,40H,4-19,26-27,32-33,36H2,1-3H3/q+1. The van der Waals surface area contributed by atoms with Crippen molar-refractivity contribution in [2.75, 3.05) is 0 Å². The van der Waals surface area contributed by atoms with E-state index in [-0.39, 0.29) is 5.41 Å². The molecule has 3 aromatic rings. The highest BCUT2D eigenvalue weighted by atomic mass is 15.1. The van der Waals surface area contributed by atoms with Gasteiger partial charge in [-0.1, -0.05) is 178 Å². The molecule has 0 aliphatic rings. The van der Waals surface area contributed by atoms with Crippen molar-refractivity contribution in [2.24, 2.45) is 0 Å². The summed E-state index contributed by atoms with van der Waals surface area (Å²) >= 11 is 0. The van der Waals surface area contributed by atoms with E-state index in [1.54, 1.807) is 0 Å². The second-order valence-corrected chi connectivity index (χ2v) is 13.5. The Labute approximate surface area is 266 Å². The number of imidazole rings is 1. The van der Waals surface area contributed by atoms with Crippen LogP contribution >= 0.6 is 0 Å². The highest BCUT2D eigenvalue weighted by molar-refractivity contribution is 5.30. The number of aryl methyl sites for hydroxylation is 1. The van der Waals surface area contributed by atoms with Gasteiger partial charge in [0.15, 0.2) is 0 Å². The summed E-state index contributed by atoms with van der Waals surface area (Å²) in [6.07, 6.45) is 34.3. The van der Waals surface area contributed by atoms with Crippen molar-refractivity contribution in [3.05, 3.63) is 90.5 Å². The van der Waals surface area contributed by atoms with Gasteiger partial charge in [-0.25, -0.2) is 9.13 Å². The van der Waals surface area contributed by atoms with E-state index in [0.717, 1.165) is 13.0 Å². The third-order valence-corrected chi connectivity index (χ3v) is 9.76. The Morgan fingerprint density at radius 1 is 0.605 bits per heavy atom. The molecule has 0 N–H and O–H groups in total. The normalized spacial score (nSPS) is 13.7. The molecule has 0 fully saturated rings. The Balaban J connectivity index is 1.65. The summed E-state index contributed by atoms with van der Waals surface area (Å²) in [5.74, 6) is 0. The van der Waals surface area contributed by atoms with E-state index in [9.17, 15) is 0 Å². The van der Waals surface area contributed by atoms with Crippen LogP contribution < -0.4 is 4.57 Å². The molecule has 0 amide bonds. The summed E-state index contributed by atoms with van der Waals surface area (Å²) in [6, 6.07) is 23.0. The number of unbranched alkanes of at least 4 members (excludes halogenated alkanes) is 16. The van der Waals surface area contributed by atoms with Crippen molar-refractivity contribution < 1.29 is 4.57 Å². The maximum Gasteiger partial charge on any atom is 0.244 e. The molecule has 2 nitrogen and oxygen atoms in total. The van der Waals surface area contributed by atoms with E-state index < -0.39 is 0 Å². The molecule has 0 saturated heterocycles. The molecule has 2 aromatic carbocycles. The first kappa shape index (κ1) is 35.1. The smallest absolute Gasteiger partial charge is 0.237 e. The lowest BCUT2D eigenvalue weighted by atomic mass is 9.70. The molecular formula is C41H65N2+. The average Bonchev–Trinajstić information content (AvgIpc) is 3.50. The van der Waals surface area contributed by atoms with Gasteiger partial charge in [0.25, 0.3) is 0 Å². The number of hydrogen-bond acceptors (Lipinski definition) is 0. The first-order valence-corrected chi connectivity index (χ1v) is 18.3. The Kier molecular flexibility index (Phi) is 17.5. The highest BCUT2D eigenvalue weighted by Gasteiger charge is 2.40. The largest absolute Gasteiger partial charge is 0.244 e. The van der Waals surface area contributed by atoms with Crippen LogP contribution in [-0.2, 0) is 18.4 Å². The van der Waals surface area contributed by atoms with Crippen LogP contribution in [0.5, 0.6) is 0 Å². The molecule has 238 valence electrons. The molecule has 3 rings (SSSR count). The van der Waals surface area contributed by atoms with Gasteiger partial charge in [0.05, 0.1) is 6.54 Å². The summed E-state index contributed by atoms with van der Waals surface area (Å²) in [5, 5.41) is 0. The predicted octanol–water partition coefficient (Wildman–Crippen LogP) is 12.0. The van der Waals surface area contributed by atoms with Gasteiger partial charge in [0, 0.05) is 5.41 Å². The van der Waals surface area contributed by atoms with Gasteiger partial charge in [-0.05, 0) is 43.2 Å². The molecule has 0 bridgehead atoms. The fourth-order valence-electron chi connectivity index (χ4n) is 7.03. The monoisotopic (exact) mass is 586 g/mol. The molecule has 43 heavy (non-hydrogen) atoms. The lowest BCUT2D eigenvalue weighted by Crippen LogP contribution is -2.38. The molecule has 0 aliphatic carbocycles. The highest BCUT2D eigenvalue weighted by Crippen LogP contribution is 2.41. The third kappa shape index (κ3) is 13.0. The van der Waals surface area contributed by atoms with Gasteiger partial charge in [-0.3, -0.25) is 0 Å². The average molecular weight is 586 g/mol. The molecule has 1 heterocycles. The third-order valence-electron chi connectivity index (χ3n) is 9.76. The summed E-state index contributed by atoms with van der Waals surface area (Å²) in [6.45, 7) is 8.26. The molecule has 2 unspecified atom stereocenters. The number of nitrogens with zero attached hydrogens (tertiary/aromatic N) is 2. The van der Waals surface area contributed by atoms with Crippen LogP contribution in [0.3, 0.4) is 0 Å². The van der Waals surface area contributed by atoms with Gasteiger partial charge in [-0.2, -0.15) is 0 Å². The zero-order valence-electron chi connectivity index (χ0n) is 28.3. The second kappa shape index (κ2) is 21.4. The van der Waals surface area contributed by atoms with Gasteiger partial charge >= 0.3 is 0 Å². The quantitative estimate of drug-likeness (QED) is 0.0690.